The molecule has 448 valence electrons. The second-order valence-electron chi connectivity index (χ2n) is 23.5. The first-order valence-electron chi connectivity index (χ1n) is 29.9. The average molecular weight is 1160 g/mol. The Kier molecular flexibility index (Phi) is 21.7. The molecule has 0 spiro atoms. The Hall–Kier alpha value is -5.66. The Balaban J connectivity index is 1.30. The molecule has 0 heterocycles. The number of halogens is 10. The van der Waals surface area contributed by atoms with E-state index in [-0.39, 0.29) is 46.9 Å². The Morgan fingerprint density at radius 2 is 0.783 bits per heavy atom. The summed E-state index contributed by atoms with van der Waals surface area (Å²) in [4.78, 5) is 0. The van der Waals surface area contributed by atoms with E-state index in [0.717, 1.165) is 102 Å². The van der Waals surface area contributed by atoms with Crippen LogP contribution in [-0.4, -0.2) is 39.8 Å². The molecule has 0 aromatic heterocycles. The zero-order valence-electron chi connectivity index (χ0n) is 48.3. The molecule has 8 rings (SSSR count). The van der Waals surface area contributed by atoms with Gasteiger partial charge in [0.1, 0.15) is 11.5 Å². The molecule has 0 N–H and O–H groups in total. The Bertz CT molecular complexity index is 2740. The maximum absolute atomic E-state index is 18.1. The molecule has 83 heavy (non-hydrogen) atoms. The summed E-state index contributed by atoms with van der Waals surface area (Å²) in [5.74, 6) is -11.6. The van der Waals surface area contributed by atoms with Gasteiger partial charge in [-0.1, -0.05) is 174 Å². The van der Waals surface area contributed by atoms with Crippen molar-refractivity contribution in [1.82, 2.24) is 0 Å². The second kappa shape index (κ2) is 28.5. The van der Waals surface area contributed by atoms with Crippen molar-refractivity contribution in [2.45, 2.75) is 165 Å². The maximum Gasteiger partial charge on any atom is 0.394 e. The van der Waals surface area contributed by atoms with Gasteiger partial charge in [-0.3, -0.25) is 0 Å². The average Bonchev–Trinajstić information content (AvgIpc) is 3.28. The summed E-state index contributed by atoms with van der Waals surface area (Å²) in [5, 5.41) is 0. The van der Waals surface area contributed by atoms with Crippen LogP contribution in [0.2, 0.25) is 0 Å². The van der Waals surface area contributed by atoms with Crippen LogP contribution in [0.25, 0.3) is 0 Å². The van der Waals surface area contributed by atoms with Crippen LogP contribution in [0.1, 0.15) is 182 Å². The van der Waals surface area contributed by atoms with Crippen molar-refractivity contribution in [2.75, 3.05) is 27.4 Å². The summed E-state index contributed by atoms with van der Waals surface area (Å²) in [5.41, 5.74) is -0.0690. The van der Waals surface area contributed by atoms with Crippen LogP contribution < -0.4 is 4.74 Å². The first-order valence-corrected chi connectivity index (χ1v) is 29.9. The van der Waals surface area contributed by atoms with Gasteiger partial charge in [-0.25, -0.2) is 0 Å². The van der Waals surface area contributed by atoms with Crippen LogP contribution in [0.3, 0.4) is 0 Å². The summed E-state index contributed by atoms with van der Waals surface area (Å²) in [6, 6.07) is 33.2. The number of hydrogen-bond acceptors (Lipinski definition) is 3. The van der Waals surface area contributed by atoms with Crippen molar-refractivity contribution in [1.29, 1.82) is 0 Å². The van der Waals surface area contributed by atoms with Crippen LogP contribution >= 0.6 is 0 Å². The van der Waals surface area contributed by atoms with Gasteiger partial charge < -0.3 is 14.2 Å². The highest BCUT2D eigenvalue weighted by atomic mass is 19.4. The van der Waals surface area contributed by atoms with Crippen LogP contribution in [0, 0.1) is 23.7 Å². The Labute approximate surface area is 484 Å². The van der Waals surface area contributed by atoms with Crippen LogP contribution in [0.5, 0.6) is 11.5 Å². The fourth-order valence-electron chi connectivity index (χ4n) is 12.9. The molecule has 3 nitrogen and oxygen atoms in total. The molecule has 0 saturated heterocycles. The predicted molar refractivity (Wildman–Crippen MR) is 309 cm³/mol. The first kappa shape index (κ1) is 63.4. The predicted octanol–water partition coefficient (Wildman–Crippen LogP) is 20.6. The molecule has 13 heteroatoms. The Morgan fingerprint density at radius 1 is 0.434 bits per heavy atom. The molecular weight excluding hydrogens is 1080 g/mol. The van der Waals surface area contributed by atoms with E-state index in [1.165, 1.54) is 98.5 Å². The number of unbranched alkanes of at least 4 members (excludes halogenated alkanes) is 2. The molecule has 2 atom stereocenters. The molecule has 6 aromatic carbocycles. The summed E-state index contributed by atoms with van der Waals surface area (Å²) in [7, 11) is 2.26. The highest BCUT2D eigenvalue weighted by Gasteiger charge is 2.46. The van der Waals surface area contributed by atoms with E-state index in [1.54, 1.807) is 0 Å². The van der Waals surface area contributed by atoms with Crippen molar-refractivity contribution in [3.8, 4) is 11.5 Å². The van der Waals surface area contributed by atoms with E-state index in [2.05, 4.69) is 13.8 Å². The Morgan fingerprint density at radius 3 is 1.10 bits per heavy atom. The zero-order chi connectivity index (χ0) is 59.4. The number of benzene rings is 6. The fourth-order valence-corrected chi connectivity index (χ4v) is 12.9. The smallest absolute Gasteiger partial charge is 0.394 e. The van der Waals surface area contributed by atoms with E-state index in [1.807, 2.05) is 48.5 Å². The molecule has 0 bridgehead atoms. The van der Waals surface area contributed by atoms with Gasteiger partial charge in [0.05, 0.1) is 36.2 Å². The molecule has 0 aliphatic heterocycles. The minimum absolute atomic E-state index is 0.0768. The molecule has 0 amide bonds. The van der Waals surface area contributed by atoms with Gasteiger partial charge >= 0.3 is 24.2 Å². The van der Waals surface area contributed by atoms with Gasteiger partial charge in [-0.05, 0) is 157 Å². The lowest BCUT2D eigenvalue weighted by atomic mass is 9.77. The lowest BCUT2D eigenvalue weighted by Gasteiger charge is -2.30. The van der Waals surface area contributed by atoms with E-state index >= 15 is 17.6 Å². The fraction of sp³-hybridized carbons (Fsp3) is 0.486. The summed E-state index contributed by atoms with van der Waals surface area (Å²) < 4.78 is 179. The third kappa shape index (κ3) is 16.0. The molecule has 2 aliphatic carbocycles. The van der Waals surface area contributed by atoms with Gasteiger partial charge in [0, 0.05) is 25.3 Å². The topological polar surface area (TPSA) is 27.7 Å². The van der Waals surface area contributed by atoms with Crippen molar-refractivity contribution in [3.63, 3.8) is 0 Å². The standard InChI is InChI=1S/C70H80F10O3/c1-5-7-15-47-21-29-51(30-22-47)53-33-25-49(26-34-53)41-61-55(43-59(45-81-3)69(75,76)77)37-39-63(65(61)67(71,72)57-17-11-9-12-18-57)83-64-40-38-56(44-60(46-82-4)70(78,79)80)62(66(64)68(73,74)58-19-13-10-14-20-58)42-50-27-35-54(36-28-50)52-31-23-48(24-32-52)16-8-6-2/h9-14,17-20,25-28,33-40,47-48,51-52,59-60H,5-8,15-16,21-24,29-32,41-46H2,1-4H3. The summed E-state index contributed by atoms with van der Waals surface area (Å²) in [6.45, 7) is 2.83. The van der Waals surface area contributed by atoms with Gasteiger partial charge in [0.25, 0.3) is 0 Å². The second-order valence-corrected chi connectivity index (χ2v) is 23.5. The normalized spacial score (nSPS) is 18.9. The first-order chi connectivity index (χ1) is 39.7. The molecule has 2 saturated carbocycles. The lowest BCUT2D eigenvalue weighted by Crippen LogP contribution is -2.30. The highest BCUT2D eigenvalue weighted by Crippen LogP contribution is 2.51. The molecule has 2 aliphatic rings. The summed E-state index contributed by atoms with van der Waals surface area (Å²) in [6.07, 6.45) is 3.69. The minimum Gasteiger partial charge on any atom is -0.456 e. The van der Waals surface area contributed by atoms with E-state index in [0.29, 0.717) is 23.0 Å². The third-order valence-electron chi connectivity index (χ3n) is 17.7. The lowest BCUT2D eigenvalue weighted by molar-refractivity contribution is -0.186. The van der Waals surface area contributed by atoms with Crippen LogP contribution in [0.4, 0.5) is 43.9 Å². The van der Waals surface area contributed by atoms with Crippen LogP contribution in [0.15, 0.2) is 133 Å². The van der Waals surface area contributed by atoms with Gasteiger partial charge in [-0.2, -0.15) is 43.9 Å². The SMILES string of the molecule is CCCCC1CCC(c2ccc(Cc3c(CC(COC)C(F)(F)F)ccc(Oc4ccc(CC(COC)C(F)(F)F)c(Cc5ccc(C6CCC(CCCC)CC6)cc5)c4C(F)(F)c4ccccc4)c3C(F)(F)c3ccccc3)cc2)CC1. The van der Waals surface area contributed by atoms with Gasteiger partial charge in [0.15, 0.2) is 0 Å². The maximum atomic E-state index is 18.1. The molecule has 0 radical (unpaired) electrons. The monoisotopic (exact) mass is 1160 g/mol. The molecule has 6 aromatic rings. The van der Waals surface area contributed by atoms with Crippen molar-refractivity contribution in [3.05, 3.63) is 200 Å². The van der Waals surface area contributed by atoms with Crippen molar-refractivity contribution < 1.29 is 58.1 Å². The van der Waals surface area contributed by atoms with E-state index < -0.39 is 95.8 Å². The number of ether oxygens (including phenoxy) is 3. The number of hydrogen-bond donors (Lipinski definition) is 0. The largest absolute Gasteiger partial charge is 0.456 e. The van der Waals surface area contributed by atoms with Gasteiger partial charge in [-0.15, -0.1) is 0 Å². The zero-order valence-corrected chi connectivity index (χ0v) is 48.3. The molecular formula is C70H80F10O3. The number of methoxy groups -OCH3 is 2. The van der Waals surface area contributed by atoms with Crippen molar-refractivity contribution >= 4 is 0 Å². The minimum atomic E-state index is -4.81. The third-order valence-corrected chi connectivity index (χ3v) is 17.7. The van der Waals surface area contributed by atoms with Crippen molar-refractivity contribution in [2.24, 2.45) is 23.7 Å². The summed E-state index contributed by atoms with van der Waals surface area (Å²) >= 11 is 0. The van der Waals surface area contributed by atoms with E-state index in [9.17, 15) is 26.3 Å². The highest BCUT2D eigenvalue weighted by molar-refractivity contribution is 5.58. The molecule has 2 unspecified atom stereocenters. The number of alkyl halides is 10. The van der Waals surface area contributed by atoms with E-state index in [4.69, 9.17) is 14.2 Å². The quantitative estimate of drug-likeness (QED) is 0.0507. The van der Waals surface area contributed by atoms with Gasteiger partial charge in [0.2, 0.25) is 0 Å². The van der Waals surface area contributed by atoms with Crippen LogP contribution in [-0.2, 0) is 47.0 Å². The number of rotatable bonds is 26. The molecule has 2 fully saturated rings.